The molecule has 0 saturated heterocycles. The van der Waals surface area contributed by atoms with Gasteiger partial charge >= 0.3 is 0 Å². The zero-order chi connectivity index (χ0) is 30.0. The van der Waals surface area contributed by atoms with Crippen LogP contribution in [0.5, 0.6) is 57.5 Å². The number of ether oxygens (including phenoxy) is 2. The van der Waals surface area contributed by atoms with Gasteiger partial charge in [-0.2, -0.15) is 0 Å². The minimum Gasteiger partial charge on any atom is -0.507 e. The van der Waals surface area contributed by atoms with Crippen molar-refractivity contribution in [3.8, 4) is 68.6 Å². The lowest BCUT2D eigenvalue weighted by Gasteiger charge is -2.34. The third kappa shape index (κ3) is 4.24. The molecule has 4 atom stereocenters. The highest BCUT2D eigenvalue weighted by Gasteiger charge is 2.39. The van der Waals surface area contributed by atoms with Crippen molar-refractivity contribution in [2.75, 3.05) is 0 Å². The fourth-order valence-electron chi connectivity index (χ4n) is 5.53. The third-order valence-electron chi connectivity index (χ3n) is 7.61. The number of phenolic OH excluding ortho intramolecular Hbond substituents is 8. The van der Waals surface area contributed by atoms with E-state index in [0.717, 1.165) is 6.07 Å². The first-order valence-corrected chi connectivity index (χ1v) is 12.8. The number of rotatable bonds is 3. The van der Waals surface area contributed by atoms with Gasteiger partial charge in [0, 0.05) is 36.1 Å². The molecule has 0 bridgehead atoms. The Kier molecular flexibility index (Phi) is 6.24. The molecule has 12 nitrogen and oxygen atoms in total. The van der Waals surface area contributed by atoms with Crippen LogP contribution in [0.2, 0.25) is 0 Å². The summed E-state index contributed by atoms with van der Waals surface area (Å²) in [5.74, 6) is -3.86. The summed E-state index contributed by atoms with van der Waals surface area (Å²) in [4.78, 5) is 0. The van der Waals surface area contributed by atoms with Gasteiger partial charge in [0.05, 0.1) is 23.3 Å². The zero-order valence-electron chi connectivity index (χ0n) is 21.6. The summed E-state index contributed by atoms with van der Waals surface area (Å²) < 4.78 is 11.9. The van der Waals surface area contributed by atoms with E-state index in [-0.39, 0.29) is 57.9 Å². The van der Waals surface area contributed by atoms with Crippen molar-refractivity contribution in [2.24, 2.45) is 0 Å². The molecule has 0 fully saturated rings. The van der Waals surface area contributed by atoms with E-state index in [4.69, 9.17) is 9.47 Å². The highest BCUT2D eigenvalue weighted by Crippen LogP contribution is 2.56. The van der Waals surface area contributed by atoms with Crippen molar-refractivity contribution in [1.29, 1.82) is 0 Å². The topological polar surface area (TPSA) is 221 Å². The Morgan fingerprint density at radius 3 is 1.60 bits per heavy atom. The number of hydrogen-bond acceptors (Lipinski definition) is 12. The summed E-state index contributed by atoms with van der Waals surface area (Å²) in [5.41, 5.74) is 0.262. The van der Waals surface area contributed by atoms with Crippen LogP contribution in [-0.4, -0.2) is 63.3 Å². The van der Waals surface area contributed by atoms with Crippen molar-refractivity contribution < 1.29 is 60.5 Å². The van der Waals surface area contributed by atoms with E-state index in [0.29, 0.717) is 5.56 Å². The fourth-order valence-corrected chi connectivity index (χ4v) is 5.53. The molecule has 6 rings (SSSR count). The molecule has 0 aromatic heterocycles. The minimum atomic E-state index is -1.23. The molecule has 4 aromatic rings. The molecule has 2 aliphatic heterocycles. The van der Waals surface area contributed by atoms with Gasteiger partial charge in [0.15, 0.2) is 23.0 Å². The van der Waals surface area contributed by atoms with Crippen molar-refractivity contribution in [3.63, 3.8) is 0 Å². The molecule has 4 aromatic carbocycles. The van der Waals surface area contributed by atoms with Gasteiger partial charge in [-0.1, -0.05) is 12.1 Å². The lowest BCUT2D eigenvalue weighted by Crippen LogP contribution is -2.31. The van der Waals surface area contributed by atoms with E-state index in [9.17, 15) is 51.1 Å². The van der Waals surface area contributed by atoms with Crippen molar-refractivity contribution in [3.05, 3.63) is 70.8 Å². The number of aromatic hydroxyl groups is 8. The standard InChI is InChI=1S/C30H26O12/c31-15-3-1-11(5-18(15)34)28-23(39)8-14-24(41-28)10-21(37)25(27(14)40)26-20(36)9-17(33)13-7-22(38)29(42-30(13)26)12-2-4-16(32)19(35)6-12/h1-6,9-10,22-23,28-29,31-40H,7-8H2/t22-,23-,28-,29-/m1/s1. The lowest BCUT2D eigenvalue weighted by molar-refractivity contribution is 0.0194. The molecule has 0 spiro atoms. The van der Waals surface area contributed by atoms with Crippen LogP contribution in [-0.2, 0) is 12.8 Å². The largest absolute Gasteiger partial charge is 0.507 e. The lowest BCUT2D eigenvalue weighted by atomic mass is 9.87. The van der Waals surface area contributed by atoms with E-state index in [1.807, 2.05) is 0 Å². The monoisotopic (exact) mass is 578 g/mol. The molecule has 10 N–H and O–H groups in total. The van der Waals surface area contributed by atoms with E-state index in [2.05, 4.69) is 0 Å². The van der Waals surface area contributed by atoms with E-state index >= 15 is 0 Å². The second kappa shape index (κ2) is 9.72. The summed E-state index contributed by atoms with van der Waals surface area (Å²) in [7, 11) is 0. The van der Waals surface area contributed by atoms with Crippen molar-refractivity contribution in [1.82, 2.24) is 0 Å². The number of aliphatic hydroxyl groups is 2. The van der Waals surface area contributed by atoms with Crippen LogP contribution in [0.1, 0.15) is 34.5 Å². The number of aliphatic hydroxyl groups excluding tert-OH is 2. The molecule has 2 heterocycles. The highest BCUT2D eigenvalue weighted by atomic mass is 16.5. The number of fused-ring (bicyclic) bond motifs is 2. The summed E-state index contributed by atoms with van der Waals surface area (Å²) in [6.45, 7) is 0. The second-order valence-corrected chi connectivity index (χ2v) is 10.3. The second-order valence-electron chi connectivity index (χ2n) is 10.3. The predicted molar refractivity (Wildman–Crippen MR) is 144 cm³/mol. The Morgan fingerprint density at radius 1 is 0.500 bits per heavy atom. The number of benzene rings is 4. The molecule has 218 valence electrons. The van der Waals surface area contributed by atoms with E-state index < -0.39 is 64.7 Å². The average molecular weight is 579 g/mol. The van der Waals surface area contributed by atoms with Gasteiger partial charge in [-0.25, -0.2) is 0 Å². The van der Waals surface area contributed by atoms with Gasteiger partial charge in [0.1, 0.15) is 46.7 Å². The maximum Gasteiger partial charge on any atom is 0.157 e. The Morgan fingerprint density at radius 2 is 1.02 bits per heavy atom. The van der Waals surface area contributed by atoms with Gasteiger partial charge in [-0.05, 0) is 35.4 Å². The van der Waals surface area contributed by atoms with Crippen LogP contribution in [0.3, 0.4) is 0 Å². The molecule has 12 heteroatoms. The van der Waals surface area contributed by atoms with Crippen molar-refractivity contribution in [2.45, 2.75) is 37.3 Å². The summed E-state index contributed by atoms with van der Waals surface area (Å²) in [6, 6.07) is 9.85. The molecule has 0 aliphatic carbocycles. The van der Waals surface area contributed by atoms with E-state index in [1.165, 1.54) is 42.5 Å². The Balaban J connectivity index is 1.45. The Hall–Kier alpha value is -5.20. The molecular formula is C30H26O12. The number of phenols is 8. The van der Waals surface area contributed by atoms with Crippen LogP contribution in [0.15, 0.2) is 48.5 Å². The van der Waals surface area contributed by atoms with Crippen molar-refractivity contribution >= 4 is 0 Å². The molecule has 0 saturated carbocycles. The molecule has 0 amide bonds. The highest BCUT2D eigenvalue weighted by molar-refractivity contribution is 5.89. The molecule has 0 unspecified atom stereocenters. The van der Waals surface area contributed by atoms with Crippen LogP contribution in [0, 0.1) is 0 Å². The third-order valence-corrected chi connectivity index (χ3v) is 7.61. The normalized spacial score (nSPS) is 21.1. The Labute approximate surface area is 237 Å². The molecule has 0 radical (unpaired) electrons. The minimum absolute atomic E-state index is 0.0116. The van der Waals surface area contributed by atoms with Gasteiger partial charge < -0.3 is 60.5 Å². The van der Waals surface area contributed by atoms with Crippen LogP contribution in [0.25, 0.3) is 11.1 Å². The predicted octanol–water partition coefficient (Wildman–Crippen LogP) is 3.07. The first-order chi connectivity index (χ1) is 19.9. The fraction of sp³-hybridized carbons (Fsp3) is 0.200. The summed E-state index contributed by atoms with van der Waals surface area (Å²) >= 11 is 0. The van der Waals surface area contributed by atoms with E-state index in [1.54, 1.807) is 0 Å². The summed E-state index contributed by atoms with van der Waals surface area (Å²) in [6.07, 6.45) is -4.96. The summed E-state index contributed by atoms with van der Waals surface area (Å²) in [5, 5.41) is 105. The van der Waals surface area contributed by atoms with Crippen LogP contribution < -0.4 is 9.47 Å². The SMILES string of the molecule is Oc1ccc([C@H]2Oc3cc(O)c(-c4c(O)cc(O)c5c4O[C@H](c4ccc(O)c(O)c4)[C@H](O)C5)c(O)c3C[C@H]2O)cc1O. The van der Waals surface area contributed by atoms with Crippen LogP contribution in [0.4, 0.5) is 0 Å². The quantitative estimate of drug-likeness (QED) is 0.159. The maximum atomic E-state index is 11.4. The molecular weight excluding hydrogens is 552 g/mol. The van der Waals surface area contributed by atoms with Gasteiger partial charge in [0.25, 0.3) is 0 Å². The number of hydrogen-bond donors (Lipinski definition) is 10. The first kappa shape index (κ1) is 27.0. The molecule has 42 heavy (non-hydrogen) atoms. The smallest absolute Gasteiger partial charge is 0.157 e. The Bertz CT molecular complexity index is 1730. The first-order valence-electron chi connectivity index (χ1n) is 12.8. The van der Waals surface area contributed by atoms with Crippen LogP contribution >= 0.6 is 0 Å². The maximum absolute atomic E-state index is 11.4. The van der Waals surface area contributed by atoms with Gasteiger partial charge in [0.2, 0.25) is 0 Å². The zero-order valence-corrected chi connectivity index (χ0v) is 21.6. The average Bonchev–Trinajstić information content (AvgIpc) is 2.94. The van der Waals surface area contributed by atoms with Gasteiger partial charge in [-0.15, -0.1) is 0 Å². The molecule has 2 aliphatic rings. The van der Waals surface area contributed by atoms with Gasteiger partial charge in [-0.3, -0.25) is 0 Å².